The van der Waals surface area contributed by atoms with Crippen molar-refractivity contribution in [2.45, 2.75) is 32.2 Å². The van der Waals surface area contributed by atoms with Crippen LogP contribution in [0.1, 0.15) is 25.7 Å². The average molecular weight is 541 g/mol. The second kappa shape index (κ2) is 11.6. The molecule has 2 aromatic carbocycles. The van der Waals surface area contributed by atoms with Gasteiger partial charge in [-0.25, -0.2) is 14.5 Å². The third-order valence-electron chi connectivity index (χ3n) is 5.42. The Bertz CT molecular complexity index is 1310. The molecule has 2 aromatic heterocycles. The van der Waals surface area contributed by atoms with Gasteiger partial charge in [-0.3, -0.25) is 0 Å². The molecule has 2 heterocycles. The number of hydrogen-bond donors (Lipinski definition) is 1. The number of nitrogens with one attached hydrogen (secondary N) is 1. The summed E-state index contributed by atoms with van der Waals surface area (Å²) < 4.78 is 14.1. The van der Waals surface area contributed by atoms with E-state index in [1.807, 2.05) is 36.4 Å². The number of hydrogen-bond acceptors (Lipinski definition) is 8. The highest BCUT2D eigenvalue weighted by Crippen LogP contribution is 2.35. The molecular formula is C24H25BrN6O4. The molecule has 0 saturated carbocycles. The van der Waals surface area contributed by atoms with Crippen molar-refractivity contribution < 1.29 is 14.4 Å². The van der Waals surface area contributed by atoms with Crippen molar-refractivity contribution in [2.24, 2.45) is 0 Å². The number of aromatic nitrogens is 4. The van der Waals surface area contributed by atoms with E-state index >= 15 is 0 Å². The maximum absolute atomic E-state index is 10.9. The Kier molecular flexibility index (Phi) is 8.09. The van der Waals surface area contributed by atoms with Gasteiger partial charge in [0.1, 0.15) is 24.5 Å². The van der Waals surface area contributed by atoms with E-state index in [-0.39, 0.29) is 5.95 Å². The van der Waals surface area contributed by atoms with Gasteiger partial charge in [-0.2, -0.15) is 0 Å². The number of imidazole rings is 1. The molecule has 0 aliphatic heterocycles. The minimum Gasteiger partial charge on any atom is -0.493 e. The predicted molar refractivity (Wildman–Crippen MR) is 136 cm³/mol. The van der Waals surface area contributed by atoms with Crippen molar-refractivity contribution in [1.29, 1.82) is 0 Å². The first-order valence-electron chi connectivity index (χ1n) is 11.2. The number of ether oxygens (including phenoxy) is 2. The van der Waals surface area contributed by atoms with Crippen molar-refractivity contribution in [1.82, 2.24) is 19.5 Å². The van der Waals surface area contributed by atoms with Crippen LogP contribution in [0.2, 0.25) is 0 Å². The number of aryl methyl sites for hydroxylation is 1. The summed E-state index contributed by atoms with van der Waals surface area (Å²) in [6.45, 7) is 1.10. The lowest BCUT2D eigenvalue weighted by Crippen LogP contribution is -2.03. The first-order valence-corrected chi connectivity index (χ1v) is 12.0. The van der Waals surface area contributed by atoms with Crippen LogP contribution in [0.25, 0.3) is 10.9 Å². The molecular weight excluding hydrogens is 516 g/mol. The quantitative estimate of drug-likeness (QED) is 0.134. The van der Waals surface area contributed by atoms with E-state index in [9.17, 15) is 10.1 Å². The zero-order chi connectivity index (χ0) is 24.6. The average Bonchev–Trinajstić information content (AvgIpc) is 3.32. The minimum absolute atomic E-state index is 0.115. The number of anilines is 2. The SMILES string of the molecule is COc1cc2c(Nc3cccc(Br)c3)ncnc2cc1OCCCCCCn1ccnc1[N+](=O)[O-]. The number of halogens is 1. The predicted octanol–water partition coefficient (Wildman–Crippen LogP) is 5.89. The van der Waals surface area contributed by atoms with E-state index in [1.54, 1.807) is 17.9 Å². The molecule has 0 saturated heterocycles. The maximum Gasteiger partial charge on any atom is 0.434 e. The molecule has 10 nitrogen and oxygen atoms in total. The molecule has 4 aromatic rings. The van der Waals surface area contributed by atoms with Crippen LogP contribution in [-0.2, 0) is 6.54 Å². The van der Waals surface area contributed by atoms with Gasteiger partial charge >= 0.3 is 5.95 Å². The first-order chi connectivity index (χ1) is 17.0. The number of fused-ring (bicyclic) bond motifs is 1. The lowest BCUT2D eigenvalue weighted by atomic mass is 10.2. The van der Waals surface area contributed by atoms with Crippen LogP contribution in [0.15, 0.2) is 59.6 Å². The van der Waals surface area contributed by atoms with Gasteiger partial charge in [0, 0.05) is 21.6 Å². The van der Waals surface area contributed by atoms with Gasteiger partial charge in [-0.1, -0.05) is 33.4 Å². The fourth-order valence-corrected chi connectivity index (χ4v) is 4.11. The molecule has 35 heavy (non-hydrogen) atoms. The Morgan fingerprint density at radius 2 is 1.94 bits per heavy atom. The van der Waals surface area contributed by atoms with Crippen LogP contribution in [-0.4, -0.2) is 38.2 Å². The van der Waals surface area contributed by atoms with E-state index in [2.05, 4.69) is 36.2 Å². The van der Waals surface area contributed by atoms with Gasteiger partial charge in [0.15, 0.2) is 11.5 Å². The molecule has 4 rings (SSSR count). The Morgan fingerprint density at radius 1 is 1.09 bits per heavy atom. The Balaban J connectivity index is 1.32. The summed E-state index contributed by atoms with van der Waals surface area (Å²) in [7, 11) is 1.61. The van der Waals surface area contributed by atoms with Crippen LogP contribution in [0.5, 0.6) is 11.5 Å². The number of nitro groups is 1. The summed E-state index contributed by atoms with van der Waals surface area (Å²) in [5.74, 6) is 1.80. The van der Waals surface area contributed by atoms with Crippen molar-refractivity contribution in [2.75, 3.05) is 19.0 Å². The Morgan fingerprint density at radius 3 is 2.74 bits per heavy atom. The summed E-state index contributed by atoms with van der Waals surface area (Å²) in [5, 5.41) is 15.1. The fraction of sp³-hybridized carbons (Fsp3) is 0.292. The monoisotopic (exact) mass is 540 g/mol. The van der Waals surface area contributed by atoms with Crippen LogP contribution in [0.4, 0.5) is 17.5 Å². The molecule has 0 fully saturated rings. The van der Waals surface area contributed by atoms with Crippen LogP contribution in [0, 0.1) is 10.1 Å². The van der Waals surface area contributed by atoms with E-state index in [4.69, 9.17) is 9.47 Å². The lowest BCUT2D eigenvalue weighted by Gasteiger charge is -2.14. The summed E-state index contributed by atoms with van der Waals surface area (Å²) in [5.41, 5.74) is 1.65. The van der Waals surface area contributed by atoms with Crippen molar-refractivity contribution in [3.63, 3.8) is 0 Å². The minimum atomic E-state index is -0.463. The standard InChI is InChI=1S/C24H25BrN6O4/c1-34-21-14-19-20(27-16-28-23(19)29-18-8-6-7-17(25)13-18)15-22(21)35-12-5-3-2-4-10-30-11-9-26-24(30)31(32)33/h6-9,11,13-16H,2-5,10,12H2,1H3,(H,27,28,29). The highest BCUT2D eigenvalue weighted by molar-refractivity contribution is 9.10. The number of rotatable bonds is 12. The number of nitrogens with zero attached hydrogens (tertiary/aromatic N) is 5. The number of methoxy groups -OCH3 is 1. The van der Waals surface area contributed by atoms with E-state index in [0.29, 0.717) is 30.5 Å². The zero-order valence-electron chi connectivity index (χ0n) is 19.2. The smallest absolute Gasteiger partial charge is 0.434 e. The van der Waals surface area contributed by atoms with Gasteiger partial charge in [-0.15, -0.1) is 0 Å². The van der Waals surface area contributed by atoms with Gasteiger partial charge in [0.2, 0.25) is 0 Å². The summed E-state index contributed by atoms with van der Waals surface area (Å²) in [4.78, 5) is 23.0. The van der Waals surface area contributed by atoms with Crippen molar-refractivity contribution in [3.05, 3.63) is 69.7 Å². The zero-order valence-corrected chi connectivity index (χ0v) is 20.8. The Hall–Kier alpha value is -3.73. The molecule has 0 radical (unpaired) electrons. The largest absolute Gasteiger partial charge is 0.493 e. The van der Waals surface area contributed by atoms with E-state index < -0.39 is 4.92 Å². The van der Waals surface area contributed by atoms with Crippen molar-refractivity contribution in [3.8, 4) is 11.5 Å². The van der Waals surface area contributed by atoms with Gasteiger partial charge in [-0.05, 0) is 48.5 Å². The number of benzene rings is 2. The van der Waals surface area contributed by atoms with Gasteiger partial charge < -0.3 is 24.9 Å². The summed E-state index contributed by atoms with van der Waals surface area (Å²) >= 11 is 3.48. The third kappa shape index (κ3) is 6.24. The van der Waals surface area contributed by atoms with E-state index in [0.717, 1.165) is 46.7 Å². The summed E-state index contributed by atoms with van der Waals surface area (Å²) in [6.07, 6.45) is 8.17. The highest BCUT2D eigenvalue weighted by atomic mass is 79.9. The summed E-state index contributed by atoms with van der Waals surface area (Å²) in [6, 6.07) is 11.6. The molecule has 1 N–H and O–H groups in total. The topological polar surface area (TPSA) is 117 Å². The van der Waals surface area contributed by atoms with E-state index in [1.165, 1.54) is 12.5 Å². The van der Waals surface area contributed by atoms with Crippen LogP contribution in [0.3, 0.4) is 0 Å². The van der Waals surface area contributed by atoms with Gasteiger partial charge in [0.05, 0.1) is 25.8 Å². The number of unbranched alkanes of at least 4 members (excludes halogenated alkanes) is 3. The molecule has 0 aliphatic rings. The molecule has 0 aliphatic carbocycles. The first kappa shape index (κ1) is 24.4. The molecule has 0 spiro atoms. The fourth-order valence-electron chi connectivity index (χ4n) is 3.71. The lowest BCUT2D eigenvalue weighted by molar-refractivity contribution is -0.396. The molecule has 0 amide bonds. The highest BCUT2D eigenvalue weighted by Gasteiger charge is 2.14. The molecule has 11 heteroatoms. The molecule has 0 unspecified atom stereocenters. The third-order valence-corrected chi connectivity index (χ3v) is 5.91. The second-order valence-corrected chi connectivity index (χ2v) is 8.73. The molecule has 0 atom stereocenters. The van der Waals surface area contributed by atoms with Gasteiger partial charge in [0.25, 0.3) is 0 Å². The normalized spacial score (nSPS) is 10.9. The molecule has 0 bridgehead atoms. The Labute approximate surface area is 210 Å². The second-order valence-electron chi connectivity index (χ2n) is 7.82. The van der Waals surface area contributed by atoms with Crippen LogP contribution < -0.4 is 14.8 Å². The molecule has 182 valence electrons. The maximum atomic E-state index is 10.9. The van der Waals surface area contributed by atoms with Crippen molar-refractivity contribution >= 4 is 44.3 Å². The van der Waals surface area contributed by atoms with Crippen LogP contribution >= 0.6 is 15.9 Å².